The first-order valence-corrected chi connectivity index (χ1v) is 4.90. The molecule has 0 nitrogen and oxygen atoms in total. The van der Waals surface area contributed by atoms with Gasteiger partial charge >= 0.3 is 0 Å². The molecule has 0 aromatic carbocycles. The van der Waals surface area contributed by atoms with Crippen LogP contribution >= 0.6 is 9.24 Å². The third-order valence-electron chi connectivity index (χ3n) is 2.61. The van der Waals surface area contributed by atoms with E-state index in [4.69, 9.17) is 0 Å². The van der Waals surface area contributed by atoms with Crippen molar-refractivity contribution in [2.24, 2.45) is 5.92 Å². The van der Waals surface area contributed by atoms with Gasteiger partial charge < -0.3 is 0 Å². The Morgan fingerprint density at radius 3 is 2.82 bits per heavy atom. The zero-order chi connectivity index (χ0) is 8.43. The maximum Gasteiger partial charge on any atom is -0.0190 e. The predicted octanol–water partition coefficient (Wildman–Crippen LogP) is 3.51. The van der Waals surface area contributed by atoms with Crippen molar-refractivity contribution >= 4 is 9.24 Å². The normalized spacial score (nSPS) is 25.5. The van der Waals surface area contributed by atoms with Crippen molar-refractivity contribution in [1.82, 2.24) is 0 Å². The first-order chi connectivity index (χ1) is 5.16. The summed E-state index contributed by atoms with van der Waals surface area (Å²) in [5.74, 6) is 0.748. The van der Waals surface area contributed by atoms with Crippen LogP contribution in [0.15, 0.2) is 22.5 Å². The Morgan fingerprint density at radius 2 is 2.27 bits per heavy atom. The molecule has 1 aliphatic carbocycles. The van der Waals surface area contributed by atoms with Crippen molar-refractivity contribution in [3.05, 3.63) is 22.5 Å². The Kier molecular flexibility index (Phi) is 2.90. The third kappa shape index (κ3) is 1.73. The zero-order valence-corrected chi connectivity index (χ0v) is 8.80. The van der Waals surface area contributed by atoms with E-state index in [0.29, 0.717) is 0 Å². The van der Waals surface area contributed by atoms with E-state index in [1.807, 2.05) is 0 Å². The topological polar surface area (TPSA) is 0 Å². The molecule has 0 aromatic rings. The van der Waals surface area contributed by atoms with Crippen LogP contribution in [0.25, 0.3) is 0 Å². The SMILES string of the molecule is CCC1=CCC(C)C(C)=C1P. The van der Waals surface area contributed by atoms with Gasteiger partial charge in [0.1, 0.15) is 0 Å². The lowest BCUT2D eigenvalue weighted by molar-refractivity contribution is 0.675. The summed E-state index contributed by atoms with van der Waals surface area (Å²) in [6.45, 7) is 6.76. The van der Waals surface area contributed by atoms with Gasteiger partial charge in [-0.25, -0.2) is 0 Å². The molecule has 11 heavy (non-hydrogen) atoms. The smallest absolute Gasteiger partial charge is 0.0190 e. The molecule has 0 aromatic heterocycles. The maximum atomic E-state index is 2.86. The van der Waals surface area contributed by atoms with Crippen LogP contribution in [0.5, 0.6) is 0 Å². The molecule has 0 aliphatic heterocycles. The summed E-state index contributed by atoms with van der Waals surface area (Å²) in [4.78, 5) is 0. The van der Waals surface area contributed by atoms with E-state index < -0.39 is 0 Å². The van der Waals surface area contributed by atoms with Crippen molar-refractivity contribution in [3.63, 3.8) is 0 Å². The van der Waals surface area contributed by atoms with Gasteiger partial charge in [0.25, 0.3) is 0 Å². The molecule has 0 saturated carbocycles. The summed E-state index contributed by atoms with van der Waals surface area (Å²) < 4.78 is 0. The van der Waals surface area contributed by atoms with Crippen molar-refractivity contribution in [1.29, 1.82) is 0 Å². The maximum absolute atomic E-state index is 2.86. The van der Waals surface area contributed by atoms with Gasteiger partial charge in [-0.2, -0.15) is 0 Å². The van der Waals surface area contributed by atoms with E-state index in [2.05, 4.69) is 36.1 Å². The lowest BCUT2D eigenvalue weighted by Gasteiger charge is -2.21. The highest BCUT2D eigenvalue weighted by atomic mass is 31.0. The second-order valence-electron chi connectivity index (χ2n) is 3.32. The van der Waals surface area contributed by atoms with E-state index >= 15 is 0 Å². The minimum Gasteiger partial charge on any atom is -0.105 e. The number of rotatable bonds is 1. The first-order valence-electron chi connectivity index (χ1n) is 4.32. The third-order valence-corrected chi connectivity index (χ3v) is 3.43. The van der Waals surface area contributed by atoms with Gasteiger partial charge in [0.05, 0.1) is 0 Å². The standard InChI is InChI=1S/C10H17P/c1-4-9-6-5-7(2)8(3)10(9)11/h6-7H,4-5,11H2,1-3H3. The number of hydrogen-bond donors (Lipinski definition) is 0. The van der Waals surface area contributed by atoms with Gasteiger partial charge in [-0.05, 0) is 36.6 Å². The number of hydrogen-bond acceptors (Lipinski definition) is 0. The molecular formula is C10H17P. The van der Waals surface area contributed by atoms with Gasteiger partial charge in [-0.15, -0.1) is 9.24 Å². The number of allylic oxidation sites excluding steroid dienone is 4. The fourth-order valence-electron chi connectivity index (χ4n) is 1.46. The van der Waals surface area contributed by atoms with Crippen LogP contribution in [-0.2, 0) is 0 Å². The molecule has 1 rings (SSSR count). The van der Waals surface area contributed by atoms with Crippen LogP contribution in [0, 0.1) is 5.92 Å². The zero-order valence-electron chi connectivity index (χ0n) is 7.65. The average Bonchev–Trinajstić information content (AvgIpc) is 2.01. The molecule has 1 aliphatic rings. The Balaban J connectivity index is 2.90. The molecule has 0 fully saturated rings. The summed E-state index contributed by atoms with van der Waals surface area (Å²) in [5, 5.41) is 1.45. The van der Waals surface area contributed by atoms with Crippen LogP contribution in [0.2, 0.25) is 0 Å². The van der Waals surface area contributed by atoms with Crippen molar-refractivity contribution in [2.45, 2.75) is 33.6 Å². The fourth-order valence-corrected chi connectivity index (χ4v) is 2.07. The van der Waals surface area contributed by atoms with Gasteiger partial charge in [0.15, 0.2) is 0 Å². The van der Waals surface area contributed by atoms with Crippen LogP contribution < -0.4 is 0 Å². The van der Waals surface area contributed by atoms with Crippen LogP contribution in [0.3, 0.4) is 0 Å². The molecule has 0 radical (unpaired) electrons. The summed E-state index contributed by atoms with van der Waals surface area (Å²) in [6, 6.07) is 0. The van der Waals surface area contributed by atoms with Gasteiger partial charge in [-0.1, -0.05) is 25.5 Å². The molecule has 62 valence electrons. The minimum absolute atomic E-state index is 0.748. The Labute approximate surface area is 72.0 Å². The summed E-state index contributed by atoms with van der Waals surface area (Å²) >= 11 is 0. The highest BCUT2D eigenvalue weighted by molar-refractivity contribution is 7.23. The first kappa shape index (κ1) is 9.00. The highest BCUT2D eigenvalue weighted by Gasteiger charge is 2.13. The second kappa shape index (κ2) is 3.54. The van der Waals surface area contributed by atoms with E-state index in [1.165, 1.54) is 23.7 Å². The lowest BCUT2D eigenvalue weighted by atomic mass is 9.90. The molecule has 2 atom stereocenters. The van der Waals surface area contributed by atoms with Gasteiger partial charge in [0, 0.05) is 0 Å². The monoisotopic (exact) mass is 168 g/mol. The average molecular weight is 168 g/mol. The van der Waals surface area contributed by atoms with E-state index in [-0.39, 0.29) is 0 Å². The van der Waals surface area contributed by atoms with Gasteiger partial charge in [0.2, 0.25) is 0 Å². The Bertz CT molecular complexity index is 211. The van der Waals surface area contributed by atoms with Gasteiger partial charge in [-0.3, -0.25) is 0 Å². The molecule has 0 heterocycles. The van der Waals surface area contributed by atoms with Crippen LogP contribution in [-0.4, -0.2) is 0 Å². The molecule has 0 saturated heterocycles. The van der Waals surface area contributed by atoms with Crippen LogP contribution in [0.4, 0.5) is 0 Å². The Morgan fingerprint density at radius 1 is 1.64 bits per heavy atom. The predicted molar refractivity (Wildman–Crippen MR) is 54.6 cm³/mol. The lowest BCUT2D eigenvalue weighted by Crippen LogP contribution is -2.03. The van der Waals surface area contributed by atoms with E-state index in [0.717, 1.165) is 5.92 Å². The molecule has 0 spiro atoms. The van der Waals surface area contributed by atoms with E-state index in [1.54, 1.807) is 5.57 Å². The quantitative estimate of drug-likeness (QED) is 0.525. The van der Waals surface area contributed by atoms with Crippen molar-refractivity contribution in [2.75, 3.05) is 0 Å². The van der Waals surface area contributed by atoms with Crippen LogP contribution in [0.1, 0.15) is 33.6 Å². The fraction of sp³-hybridized carbons (Fsp3) is 0.600. The molecule has 2 unspecified atom stereocenters. The summed E-state index contributed by atoms with van der Waals surface area (Å²) in [6.07, 6.45) is 4.77. The molecule has 0 N–H and O–H groups in total. The summed E-state index contributed by atoms with van der Waals surface area (Å²) in [5.41, 5.74) is 3.07. The Hall–Kier alpha value is -0.0900. The van der Waals surface area contributed by atoms with Crippen molar-refractivity contribution < 1.29 is 0 Å². The second-order valence-corrected chi connectivity index (χ2v) is 3.89. The highest BCUT2D eigenvalue weighted by Crippen LogP contribution is 2.34. The van der Waals surface area contributed by atoms with Crippen molar-refractivity contribution in [3.8, 4) is 0 Å². The summed E-state index contributed by atoms with van der Waals surface area (Å²) in [7, 11) is 2.86. The molecule has 0 bridgehead atoms. The minimum atomic E-state index is 0.748. The van der Waals surface area contributed by atoms with E-state index in [9.17, 15) is 0 Å². The molecule has 1 heteroatoms. The largest absolute Gasteiger partial charge is 0.105 e. The molecular weight excluding hydrogens is 151 g/mol. The molecule has 0 amide bonds.